The quantitative estimate of drug-likeness (QED) is 0.783. The molecule has 0 spiro atoms. The van der Waals surface area contributed by atoms with Gasteiger partial charge in [0.2, 0.25) is 0 Å². The summed E-state index contributed by atoms with van der Waals surface area (Å²) >= 11 is 0. The maximum absolute atomic E-state index is 9.09. The fourth-order valence-electron chi connectivity index (χ4n) is 2.61. The predicted molar refractivity (Wildman–Crippen MR) is 61.8 cm³/mol. The molecule has 0 aromatic heterocycles. The van der Waals surface area contributed by atoms with Crippen molar-refractivity contribution in [3.8, 4) is 0 Å². The number of hydrogen-bond acceptors (Lipinski definition) is 1. The van der Waals surface area contributed by atoms with Crippen LogP contribution in [0.15, 0.2) is 18.2 Å². The Bertz CT molecular complexity index is 311. The minimum absolute atomic E-state index is 0.365. The average molecular weight is 203 g/mol. The molecule has 1 aromatic rings. The molecule has 1 heteroatoms. The predicted octanol–water partition coefficient (Wildman–Crippen LogP) is 3.06. The van der Waals surface area contributed by atoms with Gasteiger partial charge in [-0.1, -0.05) is 18.2 Å². The van der Waals surface area contributed by atoms with Crippen molar-refractivity contribution in [2.45, 2.75) is 38.5 Å². The highest BCUT2D eigenvalue weighted by Gasteiger charge is 2.22. The van der Waals surface area contributed by atoms with Crippen molar-refractivity contribution in [1.29, 1.82) is 0 Å². The lowest BCUT2D eigenvalue weighted by Crippen LogP contribution is -2.16. The highest BCUT2D eigenvalue weighted by Crippen LogP contribution is 2.36. The first kappa shape index (κ1) is 10.7. The fourth-order valence-corrected chi connectivity index (χ4v) is 2.61. The van der Waals surface area contributed by atoms with E-state index in [-0.39, 0.29) is 0 Å². The lowest BCUT2D eigenvalue weighted by Gasteiger charge is -2.28. The van der Waals surface area contributed by atoms with E-state index in [4.69, 9.17) is 5.11 Å². The minimum atomic E-state index is 0.365. The van der Waals surface area contributed by atoms with Gasteiger partial charge in [-0.05, 0) is 61.6 Å². The molecule has 1 saturated carbocycles. The van der Waals surface area contributed by atoms with Crippen molar-refractivity contribution in [3.63, 3.8) is 0 Å². The zero-order chi connectivity index (χ0) is 10.7. The Morgan fingerprint density at radius 3 is 2.67 bits per heavy atom. The first-order valence-electron chi connectivity index (χ1n) is 5.89. The van der Waals surface area contributed by atoms with Crippen LogP contribution in [0, 0.1) is 18.9 Å². The Labute approximate surface area is 92.1 Å². The normalized spacial score (nSPS) is 26.5. The molecule has 1 aliphatic rings. The molecular formula is C14H19O. The molecule has 1 nitrogen and oxygen atoms in total. The molecule has 1 fully saturated rings. The molecule has 1 aromatic carbocycles. The Morgan fingerprint density at radius 1 is 1.33 bits per heavy atom. The number of aryl methyl sites for hydroxylation is 1. The largest absolute Gasteiger partial charge is 0.396 e. The standard InChI is InChI=1S/C14H19O/c1-11-4-2-3-5-14(11)13-8-6-12(10-15)7-9-13/h2-4,12-13,15H,6-10H2,1H3/t12-,13-. The molecule has 0 unspecified atom stereocenters. The number of aliphatic hydroxyl groups is 1. The molecule has 0 aliphatic heterocycles. The van der Waals surface area contributed by atoms with Gasteiger partial charge in [-0.2, -0.15) is 0 Å². The van der Waals surface area contributed by atoms with Crippen molar-refractivity contribution >= 4 is 0 Å². The van der Waals surface area contributed by atoms with Crippen LogP contribution in [0.5, 0.6) is 0 Å². The lowest BCUT2D eigenvalue weighted by molar-refractivity contribution is 0.182. The zero-order valence-electron chi connectivity index (χ0n) is 9.37. The lowest BCUT2D eigenvalue weighted by atomic mass is 9.78. The van der Waals surface area contributed by atoms with Crippen LogP contribution in [0.2, 0.25) is 0 Å². The molecule has 1 N–H and O–H groups in total. The molecule has 1 aliphatic carbocycles. The summed E-state index contributed by atoms with van der Waals surface area (Å²) in [7, 11) is 0. The molecule has 0 amide bonds. The number of rotatable bonds is 2. The highest BCUT2D eigenvalue weighted by atomic mass is 16.3. The van der Waals surface area contributed by atoms with Crippen molar-refractivity contribution < 1.29 is 5.11 Å². The molecule has 0 saturated heterocycles. The van der Waals surface area contributed by atoms with E-state index in [0.717, 1.165) is 0 Å². The van der Waals surface area contributed by atoms with E-state index < -0.39 is 0 Å². The van der Waals surface area contributed by atoms with Gasteiger partial charge in [-0.25, -0.2) is 0 Å². The molecule has 1 radical (unpaired) electrons. The summed E-state index contributed by atoms with van der Waals surface area (Å²) in [5.74, 6) is 1.22. The summed E-state index contributed by atoms with van der Waals surface area (Å²) in [6.45, 7) is 2.54. The summed E-state index contributed by atoms with van der Waals surface area (Å²) in [5, 5.41) is 9.09. The van der Waals surface area contributed by atoms with E-state index in [2.05, 4.69) is 25.1 Å². The van der Waals surface area contributed by atoms with Crippen LogP contribution in [0.25, 0.3) is 0 Å². The van der Waals surface area contributed by atoms with Crippen LogP contribution in [0.4, 0.5) is 0 Å². The summed E-state index contributed by atoms with van der Waals surface area (Å²) in [5.41, 5.74) is 2.76. The first-order valence-corrected chi connectivity index (χ1v) is 5.89. The van der Waals surface area contributed by atoms with Crippen LogP contribution < -0.4 is 0 Å². The van der Waals surface area contributed by atoms with Gasteiger partial charge < -0.3 is 5.11 Å². The second kappa shape index (κ2) is 4.80. The van der Waals surface area contributed by atoms with Gasteiger partial charge >= 0.3 is 0 Å². The van der Waals surface area contributed by atoms with Gasteiger partial charge in [0.1, 0.15) is 0 Å². The van der Waals surface area contributed by atoms with Crippen LogP contribution >= 0.6 is 0 Å². The van der Waals surface area contributed by atoms with Crippen molar-refractivity contribution in [2.24, 2.45) is 5.92 Å². The number of aliphatic hydroxyl groups excluding tert-OH is 1. The van der Waals surface area contributed by atoms with Crippen LogP contribution in [-0.2, 0) is 0 Å². The van der Waals surface area contributed by atoms with Crippen molar-refractivity contribution in [3.05, 3.63) is 35.4 Å². The van der Waals surface area contributed by atoms with E-state index in [0.29, 0.717) is 18.4 Å². The van der Waals surface area contributed by atoms with Crippen LogP contribution in [-0.4, -0.2) is 11.7 Å². The second-order valence-electron chi connectivity index (χ2n) is 4.67. The SMILES string of the molecule is Cc1ccc[c]c1[C@H]1CC[C@H](CO)CC1. The zero-order valence-corrected chi connectivity index (χ0v) is 9.37. The van der Waals surface area contributed by atoms with Crippen molar-refractivity contribution in [1.82, 2.24) is 0 Å². The van der Waals surface area contributed by atoms with E-state index in [1.54, 1.807) is 0 Å². The van der Waals surface area contributed by atoms with E-state index >= 15 is 0 Å². The molecule has 0 bridgehead atoms. The Morgan fingerprint density at radius 2 is 2.07 bits per heavy atom. The number of benzene rings is 1. The van der Waals surface area contributed by atoms with E-state index in [1.807, 2.05) is 6.07 Å². The van der Waals surface area contributed by atoms with Gasteiger partial charge in [-0.3, -0.25) is 0 Å². The Balaban J connectivity index is 2.04. The molecular weight excluding hydrogens is 184 g/mol. The van der Waals surface area contributed by atoms with Gasteiger partial charge in [0.15, 0.2) is 0 Å². The van der Waals surface area contributed by atoms with Crippen LogP contribution in [0.1, 0.15) is 42.7 Å². The monoisotopic (exact) mass is 203 g/mol. The summed E-state index contributed by atoms with van der Waals surface area (Å²) in [6, 6.07) is 9.62. The minimum Gasteiger partial charge on any atom is -0.396 e. The maximum atomic E-state index is 9.09. The van der Waals surface area contributed by atoms with E-state index in [1.165, 1.54) is 36.8 Å². The number of hydrogen-bond donors (Lipinski definition) is 1. The van der Waals surface area contributed by atoms with Gasteiger partial charge in [0.05, 0.1) is 0 Å². The maximum Gasteiger partial charge on any atom is 0.0459 e. The third-order valence-electron chi connectivity index (χ3n) is 3.62. The van der Waals surface area contributed by atoms with Gasteiger partial charge in [-0.15, -0.1) is 0 Å². The van der Waals surface area contributed by atoms with Crippen molar-refractivity contribution in [2.75, 3.05) is 6.61 Å². The summed E-state index contributed by atoms with van der Waals surface area (Å²) in [4.78, 5) is 0. The van der Waals surface area contributed by atoms with Gasteiger partial charge in [0.25, 0.3) is 0 Å². The third-order valence-corrected chi connectivity index (χ3v) is 3.62. The fraction of sp³-hybridized carbons (Fsp3) is 0.571. The molecule has 0 atom stereocenters. The van der Waals surface area contributed by atoms with Gasteiger partial charge in [0, 0.05) is 6.61 Å². The Hall–Kier alpha value is -0.820. The van der Waals surface area contributed by atoms with Crippen LogP contribution in [0.3, 0.4) is 0 Å². The second-order valence-corrected chi connectivity index (χ2v) is 4.67. The average Bonchev–Trinajstić information content (AvgIpc) is 2.30. The smallest absolute Gasteiger partial charge is 0.0459 e. The van der Waals surface area contributed by atoms with E-state index in [9.17, 15) is 0 Å². The molecule has 2 rings (SSSR count). The summed E-state index contributed by atoms with van der Waals surface area (Å²) in [6.07, 6.45) is 4.77. The first-order chi connectivity index (χ1) is 7.31. The molecule has 0 heterocycles. The molecule has 81 valence electrons. The Kier molecular flexibility index (Phi) is 3.42. The topological polar surface area (TPSA) is 20.2 Å². The third kappa shape index (κ3) is 2.40. The highest BCUT2D eigenvalue weighted by molar-refractivity contribution is 5.28. The molecule has 15 heavy (non-hydrogen) atoms. The summed E-state index contributed by atoms with van der Waals surface area (Å²) < 4.78 is 0.